The molecule has 1 aliphatic heterocycles. The van der Waals surface area contributed by atoms with Gasteiger partial charge in [0.2, 0.25) is 0 Å². The molecule has 0 aromatic rings. The van der Waals surface area contributed by atoms with Crippen molar-refractivity contribution in [2.75, 3.05) is 6.54 Å². The van der Waals surface area contributed by atoms with Crippen LogP contribution in [-0.2, 0) is 4.79 Å². The first-order chi connectivity index (χ1) is 10.7. The average molecular weight is 297 g/mol. The second-order valence-corrected chi connectivity index (χ2v) is 8.86. The molecule has 3 nitrogen and oxygen atoms in total. The minimum atomic E-state index is -0.570. The smallest absolute Gasteiger partial charge is 0.308 e. The zero-order chi connectivity index (χ0) is 14.6. The minimum Gasteiger partial charge on any atom is -0.481 e. The molecule has 1 unspecified atom stereocenters. The molecule has 6 rings (SSSR count). The Morgan fingerprint density at radius 2 is 2.14 bits per heavy atom. The van der Waals surface area contributed by atoms with Crippen molar-refractivity contribution in [2.45, 2.75) is 38.1 Å². The summed E-state index contributed by atoms with van der Waals surface area (Å²) in [5.41, 5.74) is 0.420. The quantitative estimate of drug-likeness (QED) is 0.728. The lowest BCUT2D eigenvalue weighted by Crippen LogP contribution is -2.64. The Morgan fingerprint density at radius 1 is 1.23 bits per heavy atom. The highest BCUT2D eigenvalue weighted by Gasteiger charge is 2.73. The summed E-state index contributed by atoms with van der Waals surface area (Å²) in [5.74, 6) is 10.0. The number of aliphatic carboxylic acids is 1. The highest BCUT2D eigenvalue weighted by Crippen LogP contribution is 2.73. The zero-order valence-electron chi connectivity index (χ0n) is 12.8. The van der Waals surface area contributed by atoms with E-state index in [9.17, 15) is 9.90 Å². The highest BCUT2D eigenvalue weighted by molar-refractivity contribution is 5.73. The number of carboxylic acids is 1. The van der Waals surface area contributed by atoms with Gasteiger partial charge in [0.1, 0.15) is 0 Å². The molecular weight excluding hydrogens is 274 g/mol. The first-order valence-corrected chi connectivity index (χ1v) is 9.19. The van der Waals surface area contributed by atoms with E-state index >= 15 is 0 Å². The lowest BCUT2D eigenvalue weighted by atomic mass is 9.48. The SMILES string of the molecule is O=C(O)C1[C@@H]2[C@@H]3C#C[C@H]1C[C@H]2[C@@]12CCC[C@H]4CN[C@@H]1[C@@H]3C[C@H]42. The van der Waals surface area contributed by atoms with Crippen LogP contribution in [0.15, 0.2) is 0 Å². The van der Waals surface area contributed by atoms with Gasteiger partial charge in [-0.15, -0.1) is 0 Å². The van der Waals surface area contributed by atoms with Crippen molar-refractivity contribution >= 4 is 5.97 Å². The topological polar surface area (TPSA) is 49.3 Å². The summed E-state index contributed by atoms with van der Waals surface area (Å²) < 4.78 is 0. The number of rotatable bonds is 1. The zero-order valence-corrected chi connectivity index (χ0v) is 12.8. The summed E-state index contributed by atoms with van der Waals surface area (Å²) in [5, 5.41) is 13.7. The fourth-order valence-electron chi connectivity index (χ4n) is 8.36. The van der Waals surface area contributed by atoms with Gasteiger partial charge >= 0.3 is 5.97 Å². The Balaban J connectivity index is 1.55. The standard InChI is InChI=1S/C19H23NO2/c21-18(22)15-9-3-4-11-12-7-13-10-2-1-5-19(13,17(12)20-8-10)14(6-9)16(11)15/h9-17,20H,1-2,5-8H2,(H,21,22)/t9-,10-,11+,12+,13+,14+,15?,16+,17+,19-/m0/s1. The van der Waals surface area contributed by atoms with Crippen LogP contribution in [0.2, 0.25) is 0 Å². The maximum absolute atomic E-state index is 11.9. The predicted molar refractivity (Wildman–Crippen MR) is 80.6 cm³/mol. The first-order valence-electron chi connectivity index (χ1n) is 9.19. The van der Waals surface area contributed by atoms with Crippen LogP contribution in [0.4, 0.5) is 0 Å². The van der Waals surface area contributed by atoms with Gasteiger partial charge in [-0.25, -0.2) is 0 Å². The van der Waals surface area contributed by atoms with Gasteiger partial charge in [0, 0.05) is 17.9 Å². The fourth-order valence-corrected chi connectivity index (χ4v) is 8.36. The van der Waals surface area contributed by atoms with Gasteiger partial charge in [-0.05, 0) is 67.2 Å². The largest absolute Gasteiger partial charge is 0.481 e. The third-order valence-corrected chi connectivity index (χ3v) is 8.68. The normalized spacial score (nSPS) is 62.3. The van der Waals surface area contributed by atoms with Crippen LogP contribution in [0.5, 0.6) is 0 Å². The van der Waals surface area contributed by atoms with E-state index in [0.717, 1.165) is 18.3 Å². The van der Waals surface area contributed by atoms with E-state index < -0.39 is 5.97 Å². The van der Waals surface area contributed by atoms with Crippen LogP contribution < -0.4 is 5.32 Å². The Morgan fingerprint density at radius 3 is 3.00 bits per heavy atom. The van der Waals surface area contributed by atoms with Gasteiger partial charge in [-0.1, -0.05) is 18.3 Å². The summed E-state index contributed by atoms with van der Waals surface area (Å²) in [7, 11) is 0. The van der Waals surface area contributed by atoms with Gasteiger partial charge in [0.05, 0.1) is 5.92 Å². The van der Waals surface area contributed by atoms with Crippen molar-refractivity contribution in [3.63, 3.8) is 0 Å². The minimum absolute atomic E-state index is 0.138. The number of carboxylic acid groups (broad SMARTS) is 1. The third-order valence-electron chi connectivity index (χ3n) is 8.68. The molecule has 10 atom stereocenters. The van der Waals surface area contributed by atoms with Crippen LogP contribution in [0.1, 0.15) is 32.1 Å². The van der Waals surface area contributed by atoms with E-state index in [2.05, 4.69) is 17.2 Å². The molecule has 0 radical (unpaired) electrons. The maximum atomic E-state index is 11.9. The van der Waals surface area contributed by atoms with Gasteiger partial charge in [0.15, 0.2) is 0 Å². The van der Waals surface area contributed by atoms with E-state index in [-0.39, 0.29) is 11.8 Å². The van der Waals surface area contributed by atoms with Crippen molar-refractivity contribution < 1.29 is 9.90 Å². The van der Waals surface area contributed by atoms with Crippen molar-refractivity contribution in [1.29, 1.82) is 0 Å². The molecule has 116 valence electrons. The van der Waals surface area contributed by atoms with Crippen LogP contribution >= 0.6 is 0 Å². The summed E-state index contributed by atoms with van der Waals surface area (Å²) >= 11 is 0. The molecule has 5 fully saturated rings. The molecular formula is C19H23NO2. The van der Waals surface area contributed by atoms with Gasteiger partial charge < -0.3 is 10.4 Å². The Bertz CT molecular complexity index is 633. The lowest BCUT2D eigenvalue weighted by molar-refractivity contribution is -0.148. The second-order valence-electron chi connectivity index (χ2n) is 8.86. The van der Waals surface area contributed by atoms with Crippen LogP contribution in [-0.4, -0.2) is 23.7 Å². The molecule has 22 heavy (non-hydrogen) atoms. The molecule has 5 aliphatic carbocycles. The molecule has 3 heteroatoms. The van der Waals surface area contributed by atoms with E-state index in [1.165, 1.54) is 32.2 Å². The summed E-state index contributed by atoms with van der Waals surface area (Å²) in [4.78, 5) is 11.9. The molecule has 0 amide bonds. The lowest BCUT2D eigenvalue weighted by Gasteiger charge is -2.59. The Kier molecular flexibility index (Phi) is 2.10. The number of hydrogen-bond donors (Lipinski definition) is 2. The molecule has 2 N–H and O–H groups in total. The van der Waals surface area contributed by atoms with Gasteiger partial charge in [-0.3, -0.25) is 4.79 Å². The summed E-state index contributed by atoms with van der Waals surface area (Å²) in [6.07, 6.45) is 6.49. The van der Waals surface area contributed by atoms with Crippen molar-refractivity contribution in [3.8, 4) is 11.8 Å². The molecule has 1 saturated heterocycles. The fraction of sp³-hybridized carbons (Fsp3) is 0.842. The van der Waals surface area contributed by atoms with E-state index in [4.69, 9.17) is 0 Å². The van der Waals surface area contributed by atoms with E-state index in [1.54, 1.807) is 0 Å². The first kappa shape index (κ1) is 12.4. The third kappa shape index (κ3) is 1.12. The summed E-state index contributed by atoms with van der Waals surface area (Å²) in [6.45, 7) is 1.21. The van der Waals surface area contributed by atoms with Crippen molar-refractivity contribution in [3.05, 3.63) is 0 Å². The Labute approximate surface area is 131 Å². The van der Waals surface area contributed by atoms with Crippen LogP contribution in [0.25, 0.3) is 0 Å². The number of fused-ring (bicyclic) bond motifs is 2. The van der Waals surface area contributed by atoms with E-state index in [0.29, 0.717) is 35.1 Å². The summed E-state index contributed by atoms with van der Waals surface area (Å²) in [6, 6.07) is 0.640. The van der Waals surface area contributed by atoms with Crippen molar-refractivity contribution in [1.82, 2.24) is 5.32 Å². The van der Waals surface area contributed by atoms with Gasteiger partial charge in [-0.2, -0.15) is 0 Å². The predicted octanol–water partition coefficient (Wildman–Crippen LogP) is 1.98. The molecule has 0 aromatic heterocycles. The van der Waals surface area contributed by atoms with Gasteiger partial charge in [0.25, 0.3) is 0 Å². The highest BCUT2D eigenvalue weighted by atomic mass is 16.4. The molecule has 1 heterocycles. The monoisotopic (exact) mass is 297 g/mol. The Hall–Kier alpha value is -1.01. The molecule has 7 bridgehead atoms. The maximum Gasteiger partial charge on any atom is 0.308 e. The molecule has 1 spiro atoms. The molecule has 4 saturated carbocycles. The van der Waals surface area contributed by atoms with E-state index in [1.807, 2.05) is 0 Å². The van der Waals surface area contributed by atoms with Crippen molar-refractivity contribution in [2.24, 2.45) is 52.8 Å². The number of carbonyl (C=O) groups is 1. The van der Waals surface area contributed by atoms with Crippen LogP contribution in [0, 0.1) is 64.6 Å². The molecule has 0 aromatic carbocycles. The average Bonchev–Trinajstić information content (AvgIpc) is 2.85. The second kappa shape index (κ2) is 3.73. The number of nitrogens with one attached hydrogen (secondary N) is 1. The number of hydrogen-bond acceptors (Lipinski definition) is 2. The molecule has 6 aliphatic rings. The number of piperidine rings is 1. The van der Waals surface area contributed by atoms with Crippen LogP contribution in [0.3, 0.4) is 0 Å².